The molecule has 0 aliphatic carbocycles. The third-order valence-electron chi connectivity index (χ3n) is 4.64. The normalized spacial score (nSPS) is 16.6. The van der Waals surface area contributed by atoms with Crippen LogP contribution in [0.5, 0.6) is 0 Å². The molecule has 0 unspecified atom stereocenters. The zero-order chi connectivity index (χ0) is 19.5. The van der Waals surface area contributed by atoms with E-state index in [2.05, 4.69) is 36.3 Å². The molecular weight excluding hydrogens is 364 g/mol. The summed E-state index contributed by atoms with van der Waals surface area (Å²) < 4.78 is 32.0. The third-order valence-corrected chi connectivity index (χ3v) is 6.56. The van der Waals surface area contributed by atoms with Crippen molar-refractivity contribution in [1.82, 2.24) is 19.8 Å². The summed E-state index contributed by atoms with van der Waals surface area (Å²) in [7, 11) is -3.44. The van der Waals surface area contributed by atoms with Crippen LogP contribution in [-0.4, -0.2) is 49.2 Å². The van der Waals surface area contributed by atoms with Crippen LogP contribution in [-0.2, 0) is 33.3 Å². The summed E-state index contributed by atoms with van der Waals surface area (Å²) in [5, 5.41) is 10.6. The molecule has 27 heavy (non-hydrogen) atoms. The molecule has 2 heterocycles. The van der Waals surface area contributed by atoms with Crippen LogP contribution in [0.2, 0.25) is 0 Å². The van der Waals surface area contributed by atoms with E-state index in [4.69, 9.17) is 4.74 Å². The zero-order valence-corrected chi connectivity index (χ0v) is 17.0. The molecule has 148 valence electrons. The fraction of sp³-hybridized carbons (Fsp3) is 0.526. The van der Waals surface area contributed by atoms with E-state index in [-0.39, 0.29) is 5.41 Å². The lowest BCUT2D eigenvalue weighted by Crippen LogP contribution is -2.40. The van der Waals surface area contributed by atoms with Gasteiger partial charge in [-0.3, -0.25) is 5.10 Å². The molecule has 1 fully saturated rings. The summed E-state index contributed by atoms with van der Waals surface area (Å²) in [5.74, 6) is 0. The highest BCUT2D eigenvalue weighted by Crippen LogP contribution is 2.23. The Hall–Kier alpha value is -1.74. The van der Waals surface area contributed by atoms with E-state index in [0.29, 0.717) is 44.3 Å². The van der Waals surface area contributed by atoms with Crippen molar-refractivity contribution in [2.75, 3.05) is 26.3 Å². The van der Waals surface area contributed by atoms with Gasteiger partial charge in [0, 0.05) is 42.9 Å². The lowest BCUT2D eigenvalue weighted by Gasteiger charge is -2.26. The second-order valence-electron chi connectivity index (χ2n) is 7.78. The molecule has 3 rings (SSSR count). The van der Waals surface area contributed by atoms with Crippen LogP contribution in [0.15, 0.2) is 35.4 Å². The standard InChI is InChI=1S/C19H28N4O3S/c1-19(2,3)18-16(14-21-22-18)13-20-12-15-4-6-17(7-5-15)27(24,25)23-8-10-26-11-9-23/h4-7,14,20H,8-13H2,1-3H3,(H,21,22). The van der Waals surface area contributed by atoms with Gasteiger partial charge in [0.2, 0.25) is 10.0 Å². The second-order valence-corrected chi connectivity index (χ2v) is 9.72. The minimum Gasteiger partial charge on any atom is -0.379 e. The number of benzene rings is 1. The maximum Gasteiger partial charge on any atom is 0.243 e. The van der Waals surface area contributed by atoms with Crippen molar-refractivity contribution in [3.05, 3.63) is 47.3 Å². The van der Waals surface area contributed by atoms with Crippen molar-refractivity contribution >= 4 is 10.0 Å². The molecule has 8 heteroatoms. The average molecular weight is 393 g/mol. The van der Waals surface area contributed by atoms with E-state index in [0.717, 1.165) is 16.8 Å². The summed E-state index contributed by atoms with van der Waals surface area (Å²) in [5.41, 5.74) is 3.33. The molecule has 1 aromatic carbocycles. The molecule has 0 bridgehead atoms. The fourth-order valence-electron chi connectivity index (χ4n) is 3.15. The van der Waals surface area contributed by atoms with E-state index in [1.165, 1.54) is 4.31 Å². The third kappa shape index (κ3) is 4.76. The number of aromatic nitrogens is 2. The predicted octanol–water partition coefficient (Wildman–Crippen LogP) is 2.02. The first kappa shape index (κ1) is 20.0. The van der Waals surface area contributed by atoms with Crippen LogP contribution in [0.1, 0.15) is 37.6 Å². The lowest BCUT2D eigenvalue weighted by atomic mass is 9.89. The summed E-state index contributed by atoms with van der Waals surface area (Å²) in [6.45, 7) is 9.53. The van der Waals surface area contributed by atoms with Crippen molar-refractivity contribution < 1.29 is 13.2 Å². The van der Waals surface area contributed by atoms with E-state index in [1.54, 1.807) is 12.1 Å². The number of hydrogen-bond donors (Lipinski definition) is 2. The van der Waals surface area contributed by atoms with Gasteiger partial charge in [0.15, 0.2) is 0 Å². The number of aromatic amines is 1. The quantitative estimate of drug-likeness (QED) is 0.785. The number of ether oxygens (including phenoxy) is 1. The summed E-state index contributed by atoms with van der Waals surface area (Å²) in [6, 6.07) is 7.08. The second kappa shape index (κ2) is 8.10. The lowest BCUT2D eigenvalue weighted by molar-refractivity contribution is 0.0730. The molecule has 0 saturated carbocycles. The number of rotatable bonds is 6. The van der Waals surface area contributed by atoms with Crippen LogP contribution in [0.3, 0.4) is 0 Å². The number of hydrogen-bond acceptors (Lipinski definition) is 5. The van der Waals surface area contributed by atoms with E-state index in [1.807, 2.05) is 18.3 Å². The van der Waals surface area contributed by atoms with Gasteiger partial charge < -0.3 is 10.1 Å². The SMILES string of the molecule is CC(C)(C)c1[nH]ncc1CNCc1ccc(S(=O)(=O)N2CCOCC2)cc1. The number of H-pyrrole nitrogens is 1. The molecule has 0 atom stereocenters. The molecule has 0 spiro atoms. The van der Waals surface area contributed by atoms with Gasteiger partial charge in [-0.2, -0.15) is 9.40 Å². The summed E-state index contributed by atoms with van der Waals surface area (Å²) in [6.07, 6.45) is 1.85. The van der Waals surface area contributed by atoms with Gasteiger partial charge in [0.1, 0.15) is 0 Å². The minimum atomic E-state index is -3.44. The van der Waals surface area contributed by atoms with Crippen molar-refractivity contribution in [2.24, 2.45) is 0 Å². The molecule has 2 N–H and O–H groups in total. The Balaban J connectivity index is 1.59. The highest BCUT2D eigenvalue weighted by molar-refractivity contribution is 7.89. The van der Waals surface area contributed by atoms with Gasteiger partial charge in [0.05, 0.1) is 24.3 Å². The van der Waals surface area contributed by atoms with Gasteiger partial charge in [-0.05, 0) is 17.7 Å². The van der Waals surface area contributed by atoms with Crippen molar-refractivity contribution in [3.63, 3.8) is 0 Å². The van der Waals surface area contributed by atoms with Gasteiger partial charge in [-0.1, -0.05) is 32.9 Å². The molecular formula is C19H28N4O3S. The number of nitrogens with one attached hydrogen (secondary N) is 2. The average Bonchev–Trinajstić information content (AvgIpc) is 3.12. The first-order valence-electron chi connectivity index (χ1n) is 9.19. The molecule has 1 saturated heterocycles. The minimum absolute atomic E-state index is 0.0169. The number of morpholine rings is 1. The Kier molecular flexibility index (Phi) is 6.00. The molecule has 1 aliphatic heterocycles. The molecule has 1 aliphatic rings. The van der Waals surface area contributed by atoms with Crippen LogP contribution < -0.4 is 5.32 Å². The Morgan fingerprint density at radius 1 is 1.15 bits per heavy atom. The first-order chi connectivity index (χ1) is 12.8. The van der Waals surface area contributed by atoms with Crippen LogP contribution in [0.4, 0.5) is 0 Å². The molecule has 7 nitrogen and oxygen atoms in total. The predicted molar refractivity (Wildman–Crippen MR) is 104 cm³/mol. The highest BCUT2D eigenvalue weighted by Gasteiger charge is 2.26. The number of sulfonamides is 1. The Labute approximate surface area is 161 Å². The topological polar surface area (TPSA) is 87.3 Å². The van der Waals surface area contributed by atoms with Gasteiger partial charge in [-0.15, -0.1) is 0 Å². The van der Waals surface area contributed by atoms with Crippen LogP contribution in [0.25, 0.3) is 0 Å². The van der Waals surface area contributed by atoms with Crippen LogP contribution >= 0.6 is 0 Å². The monoisotopic (exact) mass is 392 g/mol. The smallest absolute Gasteiger partial charge is 0.243 e. The molecule has 0 amide bonds. The van der Waals surface area contributed by atoms with Crippen LogP contribution in [0, 0.1) is 0 Å². The molecule has 0 radical (unpaired) electrons. The van der Waals surface area contributed by atoms with Gasteiger partial charge in [0.25, 0.3) is 0 Å². The summed E-state index contributed by atoms with van der Waals surface area (Å²) in [4.78, 5) is 0.331. The Morgan fingerprint density at radius 2 is 1.81 bits per heavy atom. The molecule has 1 aromatic heterocycles. The Bertz CT molecular complexity index is 848. The first-order valence-corrected chi connectivity index (χ1v) is 10.6. The van der Waals surface area contributed by atoms with E-state index in [9.17, 15) is 8.42 Å². The maximum atomic E-state index is 12.6. The van der Waals surface area contributed by atoms with Crippen molar-refractivity contribution in [2.45, 2.75) is 44.2 Å². The maximum absolute atomic E-state index is 12.6. The van der Waals surface area contributed by atoms with Gasteiger partial charge >= 0.3 is 0 Å². The van der Waals surface area contributed by atoms with Crippen molar-refractivity contribution in [3.8, 4) is 0 Å². The Morgan fingerprint density at radius 3 is 2.44 bits per heavy atom. The van der Waals surface area contributed by atoms with E-state index < -0.39 is 10.0 Å². The summed E-state index contributed by atoms with van der Waals surface area (Å²) >= 11 is 0. The largest absolute Gasteiger partial charge is 0.379 e. The van der Waals surface area contributed by atoms with E-state index >= 15 is 0 Å². The number of nitrogens with zero attached hydrogens (tertiary/aromatic N) is 2. The van der Waals surface area contributed by atoms with Gasteiger partial charge in [-0.25, -0.2) is 8.42 Å². The fourth-order valence-corrected chi connectivity index (χ4v) is 4.56. The highest BCUT2D eigenvalue weighted by atomic mass is 32.2. The van der Waals surface area contributed by atoms with Crippen molar-refractivity contribution in [1.29, 1.82) is 0 Å². The molecule has 2 aromatic rings. The zero-order valence-electron chi connectivity index (χ0n) is 16.2.